The van der Waals surface area contributed by atoms with E-state index < -0.39 is 0 Å². The van der Waals surface area contributed by atoms with Crippen LogP contribution in [0.1, 0.15) is 5.56 Å². The molecule has 0 saturated heterocycles. The van der Waals surface area contributed by atoms with Gasteiger partial charge in [-0.3, -0.25) is 4.98 Å². The quantitative estimate of drug-likeness (QED) is 0.728. The van der Waals surface area contributed by atoms with Gasteiger partial charge in [0.15, 0.2) is 0 Å². The molecule has 5 heteroatoms. The number of benzene rings is 1. The van der Waals surface area contributed by atoms with Gasteiger partial charge in [0.1, 0.15) is 11.6 Å². The summed E-state index contributed by atoms with van der Waals surface area (Å²) in [4.78, 5) is 8.41. The number of hydrogen-bond acceptors (Lipinski definition) is 2. The molecule has 2 heterocycles. The van der Waals surface area contributed by atoms with E-state index in [0.29, 0.717) is 11.0 Å². The van der Waals surface area contributed by atoms with E-state index in [4.69, 9.17) is 0 Å². The summed E-state index contributed by atoms with van der Waals surface area (Å²) in [5.74, 6) is 0.444. The van der Waals surface area contributed by atoms with E-state index in [9.17, 15) is 4.39 Å². The van der Waals surface area contributed by atoms with Crippen molar-refractivity contribution in [3.63, 3.8) is 0 Å². The fourth-order valence-corrected chi connectivity index (χ4v) is 2.53. The topological polar surface area (TPSA) is 30.7 Å². The summed E-state index contributed by atoms with van der Waals surface area (Å²) in [6.45, 7) is 0.650. The Balaban J connectivity index is 1.98. The van der Waals surface area contributed by atoms with Crippen LogP contribution in [-0.4, -0.2) is 14.5 Å². The molecule has 0 saturated carbocycles. The Kier molecular flexibility index (Phi) is 3.60. The molecule has 100 valence electrons. The van der Waals surface area contributed by atoms with Crippen LogP contribution in [0.5, 0.6) is 0 Å². The molecule has 0 spiro atoms. The van der Waals surface area contributed by atoms with Crippen molar-refractivity contribution in [2.45, 2.75) is 6.54 Å². The summed E-state index contributed by atoms with van der Waals surface area (Å²) in [6, 6.07) is 8.65. The van der Waals surface area contributed by atoms with Crippen LogP contribution in [0, 0.1) is 5.82 Å². The highest BCUT2D eigenvalue weighted by Gasteiger charge is 2.08. The van der Waals surface area contributed by atoms with Crippen LogP contribution in [0.4, 0.5) is 4.39 Å². The summed E-state index contributed by atoms with van der Waals surface area (Å²) in [5, 5.41) is 0. The minimum Gasteiger partial charge on any atom is -0.327 e. The lowest BCUT2D eigenvalue weighted by molar-refractivity contribution is 0.627. The van der Waals surface area contributed by atoms with Crippen molar-refractivity contribution in [2.75, 3.05) is 0 Å². The minimum absolute atomic E-state index is 0.287. The molecule has 0 unspecified atom stereocenters. The second kappa shape index (κ2) is 5.54. The van der Waals surface area contributed by atoms with Gasteiger partial charge in [-0.05, 0) is 29.8 Å². The van der Waals surface area contributed by atoms with E-state index in [1.807, 2.05) is 35.2 Å². The molecular formula is C15H11BrFN3. The predicted octanol–water partition coefficient (Wildman–Crippen LogP) is 3.90. The fourth-order valence-electron chi connectivity index (χ4n) is 2.07. The van der Waals surface area contributed by atoms with Crippen LogP contribution in [-0.2, 0) is 6.54 Å². The van der Waals surface area contributed by atoms with Gasteiger partial charge in [-0.25, -0.2) is 9.37 Å². The number of rotatable bonds is 3. The molecule has 0 aliphatic rings. The van der Waals surface area contributed by atoms with Gasteiger partial charge in [0.05, 0.1) is 6.54 Å². The average molecular weight is 332 g/mol. The molecule has 0 fully saturated rings. The van der Waals surface area contributed by atoms with Crippen molar-refractivity contribution < 1.29 is 4.39 Å². The SMILES string of the molecule is Fc1cc(Br)cc(-c2nccn2Cc2cccnc2)c1. The molecule has 3 rings (SSSR count). The molecule has 0 radical (unpaired) electrons. The van der Waals surface area contributed by atoms with Crippen molar-refractivity contribution in [2.24, 2.45) is 0 Å². The van der Waals surface area contributed by atoms with Crippen LogP contribution >= 0.6 is 15.9 Å². The van der Waals surface area contributed by atoms with Gasteiger partial charge < -0.3 is 4.57 Å². The number of imidazole rings is 1. The van der Waals surface area contributed by atoms with E-state index in [1.165, 1.54) is 12.1 Å². The van der Waals surface area contributed by atoms with Gasteiger partial charge in [-0.2, -0.15) is 0 Å². The summed E-state index contributed by atoms with van der Waals surface area (Å²) in [7, 11) is 0. The maximum Gasteiger partial charge on any atom is 0.140 e. The fraction of sp³-hybridized carbons (Fsp3) is 0.0667. The zero-order chi connectivity index (χ0) is 13.9. The number of nitrogens with zero attached hydrogens (tertiary/aromatic N) is 3. The summed E-state index contributed by atoms with van der Waals surface area (Å²) in [5.41, 5.74) is 1.81. The van der Waals surface area contributed by atoms with Crippen LogP contribution in [0.15, 0.2) is 59.6 Å². The number of hydrogen-bond donors (Lipinski definition) is 0. The summed E-state index contributed by atoms with van der Waals surface area (Å²) < 4.78 is 16.2. The molecule has 3 nitrogen and oxygen atoms in total. The maximum absolute atomic E-state index is 13.5. The van der Waals surface area contributed by atoms with Crippen molar-refractivity contribution >= 4 is 15.9 Å². The Labute approximate surface area is 124 Å². The molecule has 20 heavy (non-hydrogen) atoms. The second-order valence-corrected chi connectivity index (χ2v) is 5.31. The molecule has 3 aromatic rings. The zero-order valence-corrected chi connectivity index (χ0v) is 12.1. The molecule has 0 N–H and O–H groups in total. The van der Waals surface area contributed by atoms with Crippen molar-refractivity contribution in [1.82, 2.24) is 14.5 Å². The Hall–Kier alpha value is -2.01. The Morgan fingerprint density at radius 3 is 2.85 bits per heavy atom. The largest absolute Gasteiger partial charge is 0.327 e. The van der Waals surface area contributed by atoms with Gasteiger partial charge in [0, 0.05) is 34.8 Å². The smallest absolute Gasteiger partial charge is 0.140 e. The first kappa shape index (κ1) is 13.0. The molecule has 0 atom stereocenters. The van der Waals surface area contributed by atoms with Crippen molar-refractivity contribution in [3.8, 4) is 11.4 Å². The maximum atomic E-state index is 13.5. The highest BCUT2D eigenvalue weighted by molar-refractivity contribution is 9.10. The van der Waals surface area contributed by atoms with E-state index in [0.717, 1.165) is 17.0 Å². The first-order valence-electron chi connectivity index (χ1n) is 6.09. The highest BCUT2D eigenvalue weighted by atomic mass is 79.9. The van der Waals surface area contributed by atoms with Crippen LogP contribution in [0.25, 0.3) is 11.4 Å². The van der Waals surface area contributed by atoms with Crippen LogP contribution < -0.4 is 0 Å². The van der Waals surface area contributed by atoms with Gasteiger partial charge in [0.25, 0.3) is 0 Å². The lowest BCUT2D eigenvalue weighted by atomic mass is 10.2. The molecule has 0 bridgehead atoms. The van der Waals surface area contributed by atoms with Gasteiger partial charge in [-0.15, -0.1) is 0 Å². The Morgan fingerprint density at radius 2 is 2.10 bits per heavy atom. The van der Waals surface area contributed by atoms with Crippen LogP contribution in [0.3, 0.4) is 0 Å². The van der Waals surface area contributed by atoms with Crippen molar-refractivity contribution in [1.29, 1.82) is 0 Å². The third-order valence-corrected chi connectivity index (χ3v) is 3.37. The third-order valence-electron chi connectivity index (χ3n) is 2.91. The molecule has 1 aromatic carbocycles. The standard InChI is InChI=1S/C15H11BrFN3/c16-13-6-12(7-14(17)8-13)15-19-4-5-20(15)10-11-2-1-3-18-9-11/h1-9H,10H2. The highest BCUT2D eigenvalue weighted by Crippen LogP contribution is 2.24. The Bertz CT molecular complexity index is 705. The minimum atomic E-state index is -0.287. The second-order valence-electron chi connectivity index (χ2n) is 4.40. The lowest BCUT2D eigenvalue weighted by Gasteiger charge is -2.08. The molecule has 0 amide bonds. The predicted molar refractivity (Wildman–Crippen MR) is 78.7 cm³/mol. The first-order valence-corrected chi connectivity index (χ1v) is 6.88. The van der Waals surface area contributed by atoms with E-state index in [2.05, 4.69) is 25.9 Å². The average Bonchev–Trinajstić information content (AvgIpc) is 2.87. The van der Waals surface area contributed by atoms with E-state index in [-0.39, 0.29) is 5.82 Å². The normalized spacial score (nSPS) is 10.7. The number of aromatic nitrogens is 3. The van der Waals surface area contributed by atoms with Gasteiger partial charge >= 0.3 is 0 Å². The van der Waals surface area contributed by atoms with E-state index in [1.54, 1.807) is 12.4 Å². The Morgan fingerprint density at radius 1 is 1.20 bits per heavy atom. The van der Waals surface area contributed by atoms with Gasteiger partial charge in [-0.1, -0.05) is 22.0 Å². The molecule has 0 aliphatic heterocycles. The van der Waals surface area contributed by atoms with E-state index >= 15 is 0 Å². The summed E-state index contributed by atoms with van der Waals surface area (Å²) in [6.07, 6.45) is 7.14. The zero-order valence-electron chi connectivity index (χ0n) is 10.5. The molecular weight excluding hydrogens is 321 g/mol. The van der Waals surface area contributed by atoms with Crippen LogP contribution in [0.2, 0.25) is 0 Å². The molecule has 0 aliphatic carbocycles. The van der Waals surface area contributed by atoms with Crippen molar-refractivity contribution in [3.05, 3.63) is 71.0 Å². The monoisotopic (exact) mass is 331 g/mol. The molecule has 2 aromatic heterocycles. The lowest BCUT2D eigenvalue weighted by Crippen LogP contribution is -2.01. The third kappa shape index (κ3) is 2.77. The van der Waals surface area contributed by atoms with Gasteiger partial charge in [0.2, 0.25) is 0 Å². The number of pyridine rings is 1. The first-order chi connectivity index (χ1) is 9.72. The number of halogens is 2. The summed E-state index contributed by atoms with van der Waals surface area (Å²) >= 11 is 3.30.